The highest BCUT2D eigenvalue weighted by molar-refractivity contribution is 5.04. The molecule has 0 amide bonds. The van der Waals surface area contributed by atoms with Crippen molar-refractivity contribution in [2.24, 2.45) is 0 Å². The minimum atomic E-state index is 0.470. The van der Waals surface area contributed by atoms with Crippen LogP contribution in [0.2, 0.25) is 0 Å². The van der Waals surface area contributed by atoms with Gasteiger partial charge in [0.25, 0.3) is 0 Å². The second-order valence-electron chi connectivity index (χ2n) is 4.33. The lowest BCUT2D eigenvalue weighted by atomic mass is 10.0. The van der Waals surface area contributed by atoms with Crippen molar-refractivity contribution < 1.29 is 4.52 Å². The number of aromatic nitrogens is 2. The predicted molar refractivity (Wildman–Crippen MR) is 51.1 cm³/mol. The average molecular weight is 193 g/mol. The molecular weight excluding hydrogens is 178 g/mol. The monoisotopic (exact) mass is 193 g/mol. The SMILES string of the molecule is C1CCC(c2noc(C3CNC3)n2)C1. The van der Waals surface area contributed by atoms with E-state index in [0.717, 1.165) is 24.8 Å². The Balaban J connectivity index is 1.75. The molecule has 1 aromatic heterocycles. The molecule has 0 spiro atoms. The summed E-state index contributed by atoms with van der Waals surface area (Å²) in [6.07, 6.45) is 5.11. The Kier molecular flexibility index (Phi) is 2.01. The van der Waals surface area contributed by atoms with E-state index in [0.29, 0.717) is 11.8 Å². The molecule has 0 unspecified atom stereocenters. The van der Waals surface area contributed by atoms with E-state index < -0.39 is 0 Å². The zero-order chi connectivity index (χ0) is 9.38. The molecule has 1 saturated carbocycles. The summed E-state index contributed by atoms with van der Waals surface area (Å²) in [5, 5.41) is 7.30. The highest BCUT2D eigenvalue weighted by Crippen LogP contribution is 2.33. The first-order valence-electron chi connectivity index (χ1n) is 5.47. The van der Waals surface area contributed by atoms with Gasteiger partial charge in [0.15, 0.2) is 5.82 Å². The average Bonchev–Trinajstić information content (AvgIpc) is 2.65. The first-order valence-corrected chi connectivity index (χ1v) is 5.47. The highest BCUT2D eigenvalue weighted by Gasteiger charge is 2.28. The van der Waals surface area contributed by atoms with Crippen LogP contribution in [0.1, 0.15) is 49.2 Å². The number of nitrogens with one attached hydrogen (secondary N) is 1. The molecule has 1 aliphatic carbocycles. The van der Waals surface area contributed by atoms with Gasteiger partial charge in [-0.15, -0.1) is 0 Å². The van der Waals surface area contributed by atoms with Crippen LogP contribution in [0.3, 0.4) is 0 Å². The van der Waals surface area contributed by atoms with Crippen LogP contribution in [-0.2, 0) is 0 Å². The molecule has 4 heteroatoms. The van der Waals surface area contributed by atoms with Crippen molar-refractivity contribution in [2.75, 3.05) is 13.1 Å². The minimum absolute atomic E-state index is 0.470. The molecule has 1 N–H and O–H groups in total. The molecule has 0 radical (unpaired) electrons. The fourth-order valence-electron chi connectivity index (χ4n) is 2.23. The van der Waals surface area contributed by atoms with Gasteiger partial charge >= 0.3 is 0 Å². The molecule has 1 saturated heterocycles. The molecule has 0 aromatic carbocycles. The number of rotatable bonds is 2. The van der Waals surface area contributed by atoms with Crippen LogP contribution in [-0.4, -0.2) is 23.2 Å². The van der Waals surface area contributed by atoms with E-state index in [9.17, 15) is 0 Å². The molecule has 2 aliphatic rings. The lowest BCUT2D eigenvalue weighted by Crippen LogP contribution is -2.40. The van der Waals surface area contributed by atoms with Gasteiger partial charge in [0.05, 0.1) is 5.92 Å². The van der Waals surface area contributed by atoms with Gasteiger partial charge in [0, 0.05) is 19.0 Å². The van der Waals surface area contributed by atoms with Gasteiger partial charge < -0.3 is 9.84 Å². The van der Waals surface area contributed by atoms with Crippen LogP contribution in [0.4, 0.5) is 0 Å². The third-order valence-corrected chi connectivity index (χ3v) is 3.31. The zero-order valence-corrected chi connectivity index (χ0v) is 8.20. The van der Waals surface area contributed by atoms with Gasteiger partial charge in [-0.3, -0.25) is 0 Å². The van der Waals surface area contributed by atoms with Gasteiger partial charge in [-0.05, 0) is 12.8 Å². The number of hydrogen-bond acceptors (Lipinski definition) is 4. The standard InChI is InChI=1S/C10H15N3O/c1-2-4-7(3-1)9-12-10(14-13-9)8-5-11-6-8/h7-8,11H,1-6H2. The summed E-state index contributed by atoms with van der Waals surface area (Å²) in [5.41, 5.74) is 0. The molecule has 3 rings (SSSR count). The molecule has 2 fully saturated rings. The van der Waals surface area contributed by atoms with Crippen LogP contribution in [0.25, 0.3) is 0 Å². The first-order chi connectivity index (χ1) is 6.93. The molecule has 0 atom stereocenters. The Morgan fingerprint density at radius 2 is 1.93 bits per heavy atom. The van der Waals surface area contributed by atoms with Crippen LogP contribution in [0.5, 0.6) is 0 Å². The smallest absolute Gasteiger partial charge is 0.232 e. The van der Waals surface area contributed by atoms with E-state index in [4.69, 9.17) is 4.52 Å². The topological polar surface area (TPSA) is 51.0 Å². The Morgan fingerprint density at radius 3 is 2.57 bits per heavy atom. The summed E-state index contributed by atoms with van der Waals surface area (Å²) in [7, 11) is 0. The molecule has 1 aliphatic heterocycles. The predicted octanol–water partition coefficient (Wildman–Crippen LogP) is 1.41. The van der Waals surface area contributed by atoms with Gasteiger partial charge in [-0.1, -0.05) is 18.0 Å². The summed E-state index contributed by atoms with van der Waals surface area (Å²) in [6, 6.07) is 0. The highest BCUT2D eigenvalue weighted by atomic mass is 16.5. The van der Waals surface area contributed by atoms with Crippen LogP contribution in [0, 0.1) is 0 Å². The van der Waals surface area contributed by atoms with Crippen molar-refractivity contribution in [3.8, 4) is 0 Å². The van der Waals surface area contributed by atoms with E-state index in [1.807, 2.05) is 0 Å². The van der Waals surface area contributed by atoms with Crippen molar-refractivity contribution in [3.63, 3.8) is 0 Å². The van der Waals surface area contributed by atoms with Gasteiger partial charge in [-0.25, -0.2) is 0 Å². The summed E-state index contributed by atoms with van der Waals surface area (Å²) >= 11 is 0. The molecule has 1 aromatic rings. The van der Waals surface area contributed by atoms with E-state index >= 15 is 0 Å². The molecule has 4 nitrogen and oxygen atoms in total. The molecular formula is C10H15N3O. The number of nitrogens with zero attached hydrogens (tertiary/aromatic N) is 2. The Labute approximate surface area is 83.1 Å². The van der Waals surface area contributed by atoms with Crippen molar-refractivity contribution >= 4 is 0 Å². The first kappa shape index (κ1) is 8.41. The fraction of sp³-hybridized carbons (Fsp3) is 0.800. The Morgan fingerprint density at radius 1 is 1.14 bits per heavy atom. The van der Waals surface area contributed by atoms with Crippen molar-refractivity contribution in [2.45, 2.75) is 37.5 Å². The number of hydrogen-bond donors (Lipinski definition) is 1. The van der Waals surface area contributed by atoms with E-state index in [1.165, 1.54) is 25.7 Å². The minimum Gasteiger partial charge on any atom is -0.339 e. The summed E-state index contributed by atoms with van der Waals surface area (Å²) in [5.74, 6) is 2.83. The fourth-order valence-corrected chi connectivity index (χ4v) is 2.23. The van der Waals surface area contributed by atoms with Crippen LogP contribution >= 0.6 is 0 Å². The molecule has 14 heavy (non-hydrogen) atoms. The van der Waals surface area contributed by atoms with Crippen LogP contribution in [0.15, 0.2) is 4.52 Å². The second-order valence-corrected chi connectivity index (χ2v) is 4.33. The van der Waals surface area contributed by atoms with Gasteiger partial charge in [0.1, 0.15) is 0 Å². The molecule has 2 heterocycles. The summed E-state index contributed by atoms with van der Waals surface area (Å²) in [6.45, 7) is 1.98. The third-order valence-electron chi connectivity index (χ3n) is 3.31. The lowest BCUT2D eigenvalue weighted by Gasteiger charge is -2.22. The quantitative estimate of drug-likeness (QED) is 0.771. The van der Waals surface area contributed by atoms with E-state index in [-0.39, 0.29) is 0 Å². The second kappa shape index (κ2) is 3.35. The maximum atomic E-state index is 5.28. The molecule has 0 bridgehead atoms. The summed E-state index contributed by atoms with van der Waals surface area (Å²) < 4.78 is 5.28. The van der Waals surface area contributed by atoms with E-state index in [1.54, 1.807) is 0 Å². The molecule has 76 valence electrons. The van der Waals surface area contributed by atoms with Crippen molar-refractivity contribution in [1.82, 2.24) is 15.5 Å². The maximum absolute atomic E-state index is 5.28. The van der Waals surface area contributed by atoms with Crippen molar-refractivity contribution in [1.29, 1.82) is 0 Å². The zero-order valence-electron chi connectivity index (χ0n) is 8.20. The van der Waals surface area contributed by atoms with Gasteiger partial charge in [-0.2, -0.15) is 4.98 Å². The maximum Gasteiger partial charge on any atom is 0.232 e. The summed E-state index contributed by atoms with van der Waals surface area (Å²) in [4.78, 5) is 4.50. The third kappa shape index (κ3) is 1.34. The Bertz CT molecular complexity index is 313. The van der Waals surface area contributed by atoms with E-state index in [2.05, 4.69) is 15.5 Å². The van der Waals surface area contributed by atoms with Crippen LogP contribution < -0.4 is 5.32 Å². The van der Waals surface area contributed by atoms with Crippen molar-refractivity contribution in [3.05, 3.63) is 11.7 Å². The van der Waals surface area contributed by atoms with Gasteiger partial charge in [0.2, 0.25) is 5.89 Å². The largest absolute Gasteiger partial charge is 0.339 e. The Hall–Kier alpha value is -0.900. The normalized spacial score (nSPS) is 24.0. The lowest BCUT2D eigenvalue weighted by molar-refractivity contribution is 0.305.